The van der Waals surface area contributed by atoms with Gasteiger partial charge in [0.2, 0.25) is 0 Å². The predicted molar refractivity (Wildman–Crippen MR) is 77.3 cm³/mol. The van der Waals surface area contributed by atoms with E-state index >= 15 is 0 Å². The molecular formula is C15H25NO3. The maximum atomic E-state index is 5.31. The minimum Gasteiger partial charge on any atom is -0.497 e. The first-order valence-corrected chi connectivity index (χ1v) is 6.57. The van der Waals surface area contributed by atoms with Crippen molar-refractivity contribution in [1.82, 2.24) is 5.32 Å². The van der Waals surface area contributed by atoms with Crippen molar-refractivity contribution in [2.45, 2.75) is 25.8 Å². The van der Waals surface area contributed by atoms with E-state index in [1.165, 1.54) is 5.56 Å². The molecule has 0 aliphatic carbocycles. The van der Waals surface area contributed by atoms with Gasteiger partial charge in [-0.25, -0.2) is 0 Å². The van der Waals surface area contributed by atoms with Gasteiger partial charge >= 0.3 is 0 Å². The van der Waals surface area contributed by atoms with Crippen LogP contribution >= 0.6 is 0 Å². The third-order valence-corrected chi connectivity index (χ3v) is 3.42. The molecule has 4 heteroatoms. The molecule has 0 bridgehead atoms. The molecular weight excluding hydrogens is 242 g/mol. The quantitative estimate of drug-likeness (QED) is 0.734. The largest absolute Gasteiger partial charge is 0.497 e. The molecule has 0 saturated carbocycles. The molecule has 0 aliphatic heterocycles. The highest BCUT2D eigenvalue weighted by molar-refractivity contribution is 5.40. The van der Waals surface area contributed by atoms with Gasteiger partial charge in [0.05, 0.1) is 20.8 Å². The van der Waals surface area contributed by atoms with Crippen molar-refractivity contribution < 1.29 is 14.2 Å². The Kier molecular flexibility index (Phi) is 6.67. The Morgan fingerprint density at radius 2 is 1.58 bits per heavy atom. The lowest BCUT2D eigenvalue weighted by atomic mass is 9.94. The molecule has 0 radical (unpaired) electrons. The van der Waals surface area contributed by atoms with Crippen LogP contribution in [-0.4, -0.2) is 40.5 Å². The van der Waals surface area contributed by atoms with E-state index in [4.69, 9.17) is 14.2 Å². The number of nitrogens with one attached hydrogen (secondary N) is 1. The van der Waals surface area contributed by atoms with Crippen molar-refractivity contribution in [1.29, 1.82) is 0 Å². The molecule has 1 rings (SSSR count). The molecule has 0 spiro atoms. The summed E-state index contributed by atoms with van der Waals surface area (Å²) in [7, 11) is 5.05. The Bertz CT molecular complexity index is 359. The lowest BCUT2D eigenvalue weighted by molar-refractivity contribution is 0.195. The first-order valence-electron chi connectivity index (χ1n) is 6.57. The van der Waals surface area contributed by atoms with Gasteiger partial charge in [0.1, 0.15) is 11.5 Å². The summed E-state index contributed by atoms with van der Waals surface area (Å²) in [5, 5.41) is 3.45. The number of rotatable bonds is 8. The molecule has 1 aromatic rings. The topological polar surface area (TPSA) is 39.7 Å². The minimum atomic E-state index is 0.354. The number of hydrogen-bond acceptors (Lipinski definition) is 4. The summed E-state index contributed by atoms with van der Waals surface area (Å²) in [5.74, 6) is 2.01. The molecule has 0 heterocycles. The number of hydrogen-bond donors (Lipinski definition) is 1. The normalized spacial score (nSPS) is 13.9. The van der Waals surface area contributed by atoms with Gasteiger partial charge < -0.3 is 19.5 Å². The monoisotopic (exact) mass is 267 g/mol. The van der Waals surface area contributed by atoms with E-state index in [0.29, 0.717) is 12.0 Å². The Morgan fingerprint density at radius 1 is 1.00 bits per heavy atom. The van der Waals surface area contributed by atoms with Crippen LogP contribution in [0.4, 0.5) is 0 Å². The molecule has 1 aromatic carbocycles. The zero-order chi connectivity index (χ0) is 14.3. The molecule has 4 nitrogen and oxygen atoms in total. The maximum absolute atomic E-state index is 5.31. The second kappa shape index (κ2) is 8.02. The van der Waals surface area contributed by atoms with E-state index in [0.717, 1.165) is 24.7 Å². The SMILES string of the molecule is COCCNC(C)C(C)c1cc(OC)cc(OC)c1. The molecule has 0 amide bonds. The highest BCUT2D eigenvalue weighted by Gasteiger charge is 2.15. The minimum absolute atomic E-state index is 0.354. The number of ether oxygens (including phenoxy) is 3. The van der Waals surface area contributed by atoms with Crippen LogP contribution in [0.2, 0.25) is 0 Å². The van der Waals surface area contributed by atoms with Gasteiger partial charge in [-0.1, -0.05) is 6.92 Å². The van der Waals surface area contributed by atoms with E-state index in [1.54, 1.807) is 21.3 Å². The van der Waals surface area contributed by atoms with Gasteiger partial charge in [-0.15, -0.1) is 0 Å². The van der Waals surface area contributed by atoms with Gasteiger partial charge in [0, 0.05) is 25.8 Å². The molecule has 2 unspecified atom stereocenters. The molecule has 0 aromatic heterocycles. The van der Waals surface area contributed by atoms with Crippen molar-refractivity contribution in [3.63, 3.8) is 0 Å². The second-order valence-electron chi connectivity index (χ2n) is 4.67. The number of benzene rings is 1. The Morgan fingerprint density at radius 3 is 2.05 bits per heavy atom. The molecule has 108 valence electrons. The van der Waals surface area contributed by atoms with Crippen molar-refractivity contribution in [2.75, 3.05) is 34.5 Å². The summed E-state index contributed by atoms with van der Waals surface area (Å²) in [6.07, 6.45) is 0. The Labute approximate surface area is 116 Å². The van der Waals surface area contributed by atoms with Crippen LogP contribution in [0.1, 0.15) is 25.3 Å². The fourth-order valence-corrected chi connectivity index (χ4v) is 1.95. The third kappa shape index (κ3) is 4.73. The van der Waals surface area contributed by atoms with Gasteiger partial charge in [-0.2, -0.15) is 0 Å². The number of methoxy groups -OCH3 is 3. The first kappa shape index (κ1) is 15.8. The second-order valence-corrected chi connectivity index (χ2v) is 4.67. The summed E-state index contributed by atoms with van der Waals surface area (Å²) in [6.45, 7) is 5.94. The van der Waals surface area contributed by atoms with Crippen LogP contribution in [0.5, 0.6) is 11.5 Å². The van der Waals surface area contributed by atoms with Crippen molar-refractivity contribution in [2.24, 2.45) is 0 Å². The van der Waals surface area contributed by atoms with Crippen LogP contribution in [0.25, 0.3) is 0 Å². The molecule has 0 aliphatic rings. The summed E-state index contributed by atoms with van der Waals surface area (Å²) >= 11 is 0. The van der Waals surface area contributed by atoms with Gasteiger partial charge in [-0.05, 0) is 30.5 Å². The van der Waals surface area contributed by atoms with Crippen LogP contribution in [0, 0.1) is 0 Å². The van der Waals surface area contributed by atoms with Gasteiger partial charge in [-0.3, -0.25) is 0 Å². The molecule has 19 heavy (non-hydrogen) atoms. The highest BCUT2D eigenvalue weighted by Crippen LogP contribution is 2.28. The van der Waals surface area contributed by atoms with Crippen LogP contribution in [0.15, 0.2) is 18.2 Å². The molecule has 2 atom stereocenters. The summed E-state index contributed by atoms with van der Waals surface area (Å²) in [5.41, 5.74) is 1.20. The molecule has 0 saturated heterocycles. The van der Waals surface area contributed by atoms with Gasteiger partial charge in [0.15, 0.2) is 0 Å². The fourth-order valence-electron chi connectivity index (χ4n) is 1.95. The van der Waals surface area contributed by atoms with E-state index in [2.05, 4.69) is 31.3 Å². The van der Waals surface area contributed by atoms with Gasteiger partial charge in [0.25, 0.3) is 0 Å². The standard InChI is InChI=1S/C15H25NO3/c1-11(12(2)16-6-7-17-3)13-8-14(18-4)10-15(9-13)19-5/h8-12,16H,6-7H2,1-5H3. The van der Waals surface area contributed by atoms with E-state index in [9.17, 15) is 0 Å². The zero-order valence-electron chi connectivity index (χ0n) is 12.5. The van der Waals surface area contributed by atoms with Crippen molar-refractivity contribution in [3.8, 4) is 11.5 Å². The van der Waals surface area contributed by atoms with E-state index in [1.807, 2.05) is 6.07 Å². The summed E-state index contributed by atoms with van der Waals surface area (Å²) in [6, 6.07) is 6.36. The van der Waals surface area contributed by atoms with Crippen LogP contribution < -0.4 is 14.8 Å². The maximum Gasteiger partial charge on any atom is 0.122 e. The average molecular weight is 267 g/mol. The highest BCUT2D eigenvalue weighted by atomic mass is 16.5. The third-order valence-electron chi connectivity index (χ3n) is 3.42. The summed E-state index contributed by atoms with van der Waals surface area (Å²) in [4.78, 5) is 0. The molecule has 0 fully saturated rings. The van der Waals surface area contributed by atoms with Crippen molar-refractivity contribution >= 4 is 0 Å². The first-order chi connectivity index (χ1) is 9.12. The lowest BCUT2D eigenvalue weighted by Gasteiger charge is -2.22. The fraction of sp³-hybridized carbons (Fsp3) is 0.600. The van der Waals surface area contributed by atoms with Crippen LogP contribution in [-0.2, 0) is 4.74 Å². The predicted octanol–water partition coefficient (Wildman–Crippen LogP) is 2.43. The Balaban J connectivity index is 2.76. The summed E-state index contributed by atoms with van der Waals surface area (Å²) < 4.78 is 15.7. The smallest absolute Gasteiger partial charge is 0.122 e. The Hall–Kier alpha value is -1.26. The molecule has 1 N–H and O–H groups in total. The van der Waals surface area contributed by atoms with E-state index < -0.39 is 0 Å². The average Bonchev–Trinajstić information content (AvgIpc) is 2.45. The van der Waals surface area contributed by atoms with Crippen molar-refractivity contribution in [3.05, 3.63) is 23.8 Å². The zero-order valence-corrected chi connectivity index (χ0v) is 12.5. The van der Waals surface area contributed by atoms with Crippen LogP contribution in [0.3, 0.4) is 0 Å². The lowest BCUT2D eigenvalue weighted by Crippen LogP contribution is -2.33. The van der Waals surface area contributed by atoms with E-state index in [-0.39, 0.29) is 0 Å².